The number of anilines is 1. The first-order chi connectivity index (χ1) is 13.0. The van der Waals surface area contributed by atoms with Gasteiger partial charge in [-0.15, -0.1) is 0 Å². The summed E-state index contributed by atoms with van der Waals surface area (Å²) >= 11 is 3.55. The third-order valence-electron chi connectivity index (χ3n) is 4.76. The van der Waals surface area contributed by atoms with Gasteiger partial charge in [-0.2, -0.15) is 4.98 Å². The average Bonchev–Trinajstić information content (AvgIpc) is 3.30. The Hall–Kier alpha value is -2.28. The smallest absolute Gasteiger partial charge is 0.249 e. The molecule has 0 amide bonds. The molecule has 3 aromatic rings. The largest absolute Gasteiger partial charge is 0.344 e. The number of rotatable bonds is 4. The number of benzene rings is 1. The first-order valence-electron chi connectivity index (χ1n) is 9.23. The highest BCUT2D eigenvalue weighted by Gasteiger charge is 2.32. The lowest BCUT2D eigenvalue weighted by Gasteiger charge is -2.24. The van der Waals surface area contributed by atoms with E-state index in [4.69, 9.17) is 9.51 Å². The Morgan fingerprint density at radius 3 is 2.78 bits per heavy atom. The summed E-state index contributed by atoms with van der Waals surface area (Å²) in [5.41, 5.74) is 1.91. The molecule has 0 radical (unpaired) electrons. The summed E-state index contributed by atoms with van der Waals surface area (Å²) in [6.07, 6.45) is 2.04. The van der Waals surface area contributed by atoms with E-state index in [1.165, 1.54) is 0 Å². The fourth-order valence-corrected chi connectivity index (χ4v) is 3.86. The van der Waals surface area contributed by atoms with Crippen molar-refractivity contribution in [1.82, 2.24) is 20.1 Å². The second-order valence-corrected chi connectivity index (χ2v) is 8.02. The fraction of sp³-hybridized carbons (Fsp3) is 0.400. The predicted molar refractivity (Wildman–Crippen MR) is 108 cm³/mol. The lowest BCUT2D eigenvalue weighted by Crippen LogP contribution is -2.24. The van der Waals surface area contributed by atoms with Gasteiger partial charge in [-0.3, -0.25) is 0 Å². The van der Waals surface area contributed by atoms with Crippen LogP contribution in [0, 0.1) is 6.92 Å². The molecule has 7 heteroatoms. The van der Waals surface area contributed by atoms with Crippen LogP contribution in [0.5, 0.6) is 0 Å². The van der Waals surface area contributed by atoms with Crippen molar-refractivity contribution in [1.29, 1.82) is 0 Å². The Morgan fingerprint density at radius 1 is 1.19 bits per heavy atom. The van der Waals surface area contributed by atoms with E-state index >= 15 is 0 Å². The lowest BCUT2D eigenvalue weighted by molar-refractivity contribution is 0.354. The van der Waals surface area contributed by atoms with E-state index in [1.54, 1.807) is 0 Å². The van der Waals surface area contributed by atoms with E-state index in [1.807, 2.05) is 37.3 Å². The van der Waals surface area contributed by atoms with Crippen LogP contribution in [-0.4, -0.2) is 26.7 Å². The maximum Gasteiger partial charge on any atom is 0.249 e. The Kier molecular flexibility index (Phi) is 4.95. The SMILES string of the molecule is Cc1cc(N2CCCC2c2nc(-c3ccccc3Br)no2)nc(C(C)C)n1. The maximum absolute atomic E-state index is 5.65. The minimum absolute atomic E-state index is 0.0445. The molecule has 1 aliphatic heterocycles. The van der Waals surface area contributed by atoms with Gasteiger partial charge in [0.2, 0.25) is 11.7 Å². The molecule has 1 fully saturated rings. The molecule has 3 heterocycles. The van der Waals surface area contributed by atoms with Crippen LogP contribution < -0.4 is 4.90 Å². The van der Waals surface area contributed by atoms with Crippen LogP contribution in [0.1, 0.15) is 56.1 Å². The van der Waals surface area contributed by atoms with Gasteiger partial charge in [0.15, 0.2) is 0 Å². The molecule has 4 rings (SSSR count). The molecule has 0 bridgehead atoms. The van der Waals surface area contributed by atoms with Gasteiger partial charge in [0.25, 0.3) is 0 Å². The van der Waals surface area contributed by atoms with Crippen molar-refractivity contribution in [3.05, 3.63) is 52.2 Å². The van der Waals surface area contributed by atoms with Gasteiger partial charge in [0.1, 0.15) is 17.7 Å². The lowest BCUT2D eigenvalue weighted by atomic mass is 10.2. The topological polar surface area (TPSA) is 67.9 Å². The molecule has 0 saturated carbocycles. The number of aromatic nitrogens is 4. The van der Waals surface area contributed by atoms with Crippen molar-refractivity contribution >= 4 is 21.7 Å². The van der Waals surface area contributed by atoms with E-state index in [0.29, 0.717) is 11.7 Å². The monoisotopic (exact) mass is 427 g/mol. The van der Waals surface area contributed by atoms with Crippen LogP contribution in [0.2, 0.25) is 0 Å². The van der Waals surface area contributed by atoms with Crippen molar-refractivity contribution in [2.75, 3.05) is 11.4 Å². The summed E-state index contributed by atoms with van der Waals surface area (Å²) in [7, 11) is 0. The molecule has 27 heavy (non-hydrogen) atoms. The van der Waals surface area contributed by atoms with Gasteiger partial charge < -0.3 is 9.42 Å². The van der Waals surface area contributed by atoms with Gasteiger partial charge >= 0.3 is 0 Å². The molecule has 1 aliphatic rings. The Labute approximate surface area is 167 Å². The van der Waals surface area contributed by atoms with Crippen LogP contribution in [0.4, 0.5) is 5.82 Å². The minimum atomic E-state index is 0.0445. The highest BCUT2D eigenvalue weighted by Crippen LogP contribution is 2.36. The van der Waals surface area contributed by atoms with Gasteiger partial charge in [0, 0.05) is 34.3 Å². The second kappa shape index (κ2) is 7.38. The third-order valence-corrected chi connectivity index (χ3v) is 5.45. The minimum Gasteiger partial charge on any atom is -0.344 e. The normalized spacial score (nSPS) is 17.1. The Balaban J connectivity index is 1.66. The molecule has 0 aliphatic carbocycles. The molecule has 6 nitrogen and oxygen atoms in total. The predicted octanol–water partition coefficient (Wildman–Crippen LogP) is 5.06. The Morgan fingerprint density at radius 2 is 2.00 bits per heavy atom. The molecule has 0 spiro atoms. The Bertz CT molecular complexity index is 955. The zero-order valence-corrected chi connectivity index (χ0v) is 17.3. The van der Waals surface area contributed by atoms with Gasteiger partial charge in [-0.05, 0) is 31.9 Å². The second-order valence-electron chi connectivity index (χ2n) is 7.17. The van der Waals surface area contributed by atoms with Crippen molar-refractivity contribution in [3.8, 4) is 11.4 Å². The number of nitrogens with zero attached hydrogens (tertiary/aromatic N) is 5. The summed E-state index contributed by atoms with van der Waals surface area (Å²) in [6, 6.07) is 9.97. The van der Waals surface area contributed by atoms with E-state index < -0.39 is 0 Å². The zero-order chi connectivity index (χ0) is 19.0. The van der Waals surface area contributed by atoms with Crippen LogP contribution in [0.15, 0.2) is 39.3 Å². The van der Waals surface area contributed by atoms with Crippen LogP contribution in [0.25, 0.3) is 11.4 Å². The zero-order valence-electron chi connectivity index (χ0n) is 15.7. The molecule has 1 saturated heterocycles. The number of halogens is 1. The highest BCUT2D eigenvalue weighted by atomic mass is 79.9. The first-order valence-corrected chi connectivity index (χ1v) is 10.0. The molecule has 1 unspecified atom stereocenters. The van der Waals surface area contributed by atoms with Crippen LogP contribution >= 0.6 is 15.9 Å². The van der Waals surface area contributed by atoms with Crippen molar-refractivity contribution < 1.29 is 4.52 Å². The third kappa shape index (κ3) is 3.60. The molecular weight excluding hydrogens is 406 g/mol. The molecular formula is C20H22BrN5O. The highest BCUT2D eigenvalue weighted by molar-refractivity contribution is 9.10. The van der Waals surface area contributed by atoms with Gasteiger partial charge in [-0.25, -0.2) is 9.97 Å². The summed E-state index contributed by atoms with van der Waals surface area (Å²) < 4.78 is 6.60. The van der Waals surface area contributed by atoms with Crippen LogP contribution in [-0.2, 0) is 0 Å². The summed E-state index contributed by atoms with van der Waals surface area (Å²) in [5, 5.41) is 4.21. The van der Waals surface area contributed by atoms with Crippen molar-refractivity contribution in [3.63, 3.8) is 0 Å². The quantitative estimate of drug-likeness (QED) is 0.579. The molecule has 1 atom stereocenters. The number of aryl methyl sites for hydroxylation is 1. The van der Waals surface area contributed by atoms with Crippen LogP contribution in [0.3, 0.4) is 0 Å². The number of hydrogen-bond donors (Lipinski definition) is 0. The number of hydrogen-bond acceptors (Lipinski definition) is 6. The average molecular weight is 428 g/mol. The first kappa shape index (κ1) is 18.1. The van der Waals surface area contributed by atoms with Crippen molar-refractivity contribution in [2.24, 2.45) is 0 Å². The molecule has 1 aromatic carbocycles. The maximum atomic E-state index is 5.65. The standard InChI is InChI=1S/C20H22BrN5O/c1-12(2)18-22-13(3)11-17(23-18)26-10-6-9-16(26)20-24-19(25-27-20)14-7-4-5-8-15(14)21/h4-5,7-8,11-12,16H,6,9-10H2,1-3H3. The fourth-order valence-electron chi connectivity index (χ4n) is 3.40. The molecule has 0 N–H and O–H groups in total. The van der Waals surface area contributed by atoms with E-state index in [0.717, 1.165) is 46.8 Å². The van der Waals surface area contributed by atoms with E-state index in [2.05, 4.69) is 49.8 Å². The van der Waals surface area contributed by atoms with Gasteiger partial charge in [-0.1, -0.05) is 47.1 Å². The van der Waals surface area contributed by atoms with Gasteiger partial charge in [0.05, 0.1) is 0 Å². The van der Waals surface area contributed by atoms with E-state index in [-0.39, 0.29) is 12.0 Å². The van der Waals surface area contributed by atoms with Crippen molar-refractivity contribution in [2.45, 2.75) is 45.6 Å². The molecule has 2 aromatic heterocycles. The summed E-state index contributed by atoms with van der Waals surface area (Å²) in [6.45, 7) is 7.16. The van der Waals surface area contributed by atoms with E-state index in [9.17, 15) is 0 Å². The molecule has 140 valence electrons. The summed E-state index contributed by atoms with van der Waals surface area (Å²) in [4.78, 5) is 16.3. The summed E-state index contributed by atoms with van der Waals surface area (Å²) in [5.74, 6) is 3.34.